The van der Waals surface area contributed by atoms with E-state index in [4.69, 9.17) is 4.74 Å². The number of rotatable bonds is 4. The minimum Gasteiger partial charge on any atom is -0.481 e. The number of ether oxygens (including phenoxy) is 1. The van der Waals surface area contributed by atoms with E-state index in [1.54, 1.807) is 30.3 Å². The van der Waals surface area contributed by atoms with E-state index in [9.17, 15) is 18.0 Å². The predicted molar refractivity (Wildman–Crippen MR) is 92.1 cm³/mol. The fraction of sp³-hybridized carbons (Fsp3) is 0.158. The maximum absolute atomic E-state index is 13.0. The number of nitrogens with one attached hydrogen (secondary N) is 1. The number of anilines is 1. The molecule has 0 atom stereocenters. The Hall–Kier alpha value is -3.09. The lowest BCUT2D eigenvalue weighted by Crippen LogP contribution is -2.17. The SMILES string of the molecule is COc1ccc2cc(NC(=O)Cc3ccccc3C(F)(F)F)ccc2n1. The molecule has 26 heavy (non-hydrogen) atoms. The first-order valence-electron chi connectivity index (χ1n) is 7.76. The summed E-state index contributed by atoms with van der Waals surface area (Å²) in [4.78, 5) is 16.4. The molecular weight excluding hydrogens is 345 g/mol. The van der Waals surface area contributed by atoms with Crippen LogP contribution in [0.5, 0.6) is 5.88 Å². The lowest BCUT2D eigenvalue weighted by molar-refractivity contribution is -0.138. The van der Waals surface area contributed by atoms with Crippen LogP contribution in [0.4, 0.5) is 18.9 Å². The van der Waals surface area contributed by atoms with Gasteiger partial charge in [-0.3, -0.25) is 4.79 Å². The van der Waals surface area contributed by atoms with E-state index >= 15 is 0 Å². The van der Waals surface area contributed by atoms with Gasteiger partial charge in [-0.25, -0.2) is 4.98 Å². The van der Waals surface area contributed by atoms with E-state index in [2.05, 4.69) is 10.3 Å². The molecule has 0 aliphatic heterocycles. The number of benzene rings is 2. The van der Waals surface area contributed by atoms with Crippen LogP contribution in [0.15, 0.2) is 54.6 Å². The first-order valence-corrected chi connectivity index (χ1v) is 7.76. The Bertz CT molecular complexity index is 955. The van der Waals surface area contributed by atoms with Crippen molar-refractivity contribution in [2.45, 2.75) is 12.6 Å². The van der Waals surface area contributed by atoms with Crippen molar-refractivity contribution in [3.05, 3.63) is 65.7 Å². The van der Waals surface area contributed by atoms with Crippen LogP contribution in [0.1, 0.15) is 11.1 Å². The smallest absolute Gasteiger partial charge is 0.416 e. The Balaban J connectivity index is 1.78. The second-order valence-electron chi connectivity index (χ2n) is 5.64. The van der Waals surface area contributed by atoms with Gasteiger partial charge in [0, 0.05) is 17.1 Å². The molecular formula is C19H15F3N2O2. The summed E-state index contributed by atoms with van der Waals surface area (Å²) in [6.07, 6.45) is -4.86. The average molecular weight is 360 g/mol. The minimum absolute atomic E-state index is 0.0651. The second-order valence-corrected chi connectivity index (χ2v) is 5.64. The van der Waals surface area contributed by atoms with Crippen molar-refractivity contribution in [1.29, 1.82) is 0 Å². The number of nitrogens with zero attached hydrogens (tertiary/aromatic N) is 1. The number of hydrogen-bond donors (Lipinski definition) is 1. The maximum Gasteiger partial charge on any atom is 0.416 e. The molecule has 0 spiro atoms. The number of pyridine rings is 1. The molecule has 0 unspecified atom stereocenters. The van der Waals surface area contributed by atoms with E-state index in [-0.39, 0.29) is 12.0 Å². The summed E-state index contributed by atoms with van der Waals surface area (Å²) in [7, 11) is 1.52. The van der Waals surface area contributed by atoms with Crippen LogP contribution in [-0.4, -0.2) is 18.0 Å². The lowest BCUT2D eigenvalue weighted by Gasteiger charge is -2.13. The molecule has 3 rings (SSSR count). The number of alkyl halides is 3. The van der Waals surface area contributed by atoms with Gasteiger partial charge in [-0.2, -0.15) is 13.2 Å². The van der Waals surface area contributed by atoms with E-state index in [1.807, 2.05) is 0 Å². The van der Waals surface area contributed by atoms with Crippen LogP contribution in [0.2, 0.25) is 0 Å². The van der Waals surface area contributed by atoms with Crippen LogP contribution >= 0.6 is 0 Å². The molecule has 1 N–H and O–H groups in total. The summed E-state index contributed by atoms with van der Waals surface area (Å²) in [6.45, 7) is 0. The van der Waals surface area contributed by atoms with Crippen LogP contribution in [0, 0.1) is 0 Å². The second kappa shape index (κ2) is 7.03. The Kier molecular flexibility index (Phi) is 4.79. The van der Waals surface area contributed by atoms with Gasteiger partial charge in [-0.1, -0.05) is 18.2 Å². The highest BCUT2D eigenvalue weighted by molar-refractivity contribution is 5.95. The van der Waals surface area contributed by atoms with E-state index in [1.165, 1.54) is 25.3 Å². The summed E-state index contributed by atoms with van der Waals surface area (Å²) in [5, 5.41) is 3.40. The number of methoxy groups -OCH3 is 1. The number of aromatic nitrogens is 1. The zero-order valence-corrected chi connectivity index (χ0v) is 13.8. The Morgan fingerprint density at radius 1 is 1.12 bits per heavy atom. The molecule has 1 amide bonds. The highest BCUT2D eigenvalue weighted by Gasteiger charge is 2.33. The fourth-order valence-electron chi connectivity index (χ4n) is 2.63. The largest absolute Gasteiger partial charge is 0.481 e. The van der Waals surface area contributed by atoms with Crippen LogP contribution in [-0.2, 0) is 17.4 Å². The number of carbonyl (C=O) groups is 1. The van der Waals surface area contributed by atoms with Crippen LogP contribution in [0.3, 0.4) is 0 Å². The van der Waals surface area contributed by atoms with Crippen molar-refractivity contribution in [3.63, 3.8) is 0 Å². The lowest BCUT2D eigenvalue weighted by atomic mass is 10.0. The van der Waals surface area contributed by atoms with Crippen molar-refractivity contribution in [2.75, 3.05) is 12.4 Å². The summed E-state index contributed by atoms with van der Waals surface area (Å²) in [5.74, 6) is -0.0550. The molecule has 134 valence electrons. The Labute approximate surface area is 147 Å². The van der Waals surface area contributed by atoms with Crippen LogP contribution in [0.25, 0.3) is 10.9 Å². The van der Waals surface area contributed by atoms with Gasteiger partial charge in [0.05, 0.1) is 24.6 Å². The number of carbonyl (C=O) groups excluding carboxylic acids is 1. The molecule has 1 heterocycles. The molecule has 7 heteroatoms. The van der Waals surface area contributed by atoms with Gasteiger partial charge in [0.25, 0.3) is 0 Å². The molecule has 3 aromatic rings. The molecule has 0 radical (unpaired) electrons. The summed E-state index contributed by atoms with van der Waals surface area (Å²) >= 11 is 0. The molecule has 0 saturated heterocycles. The molecule has 0 fully saturated rings. The first kappa shape index (κ1) is 17.7. The van der Waals surface area contributed by atoms with Gasteiger partial charge in [0.2, 0.25) is 11.8 Å². The summed E-state index contributed by atoms with van der Waals surface area (Å²) < 4.78 is 44.1. The number of hydrogen-bond acceptors (Lipinski definition) is 3. The highest BCUT2D eigenvalue weighted by atomic mass is 19.4. The first-order chi connectivity index (χ1) is 12.4. The zero-order chi connectivity index (χ0) is 18.7. The van der Waals surface area contributed by atoms with Gasteiger partial charge >= 0.3 is 6.18 Å². The third-order valence-corrected chi connectivity index (χ3v) is 3.83. The third kappa shape index (κ3) is 3.93. The van der Waals surface area contributed by atoms with Gasteiger partial charge in [-0.05, 0) is 35.9 Å². The highest BCUT2D eigenvalue weighted by Crippen LogP contribution is 2.32. The summed E-state index contributed by atoms with van der Waals surface area (Å²) in [6, 6.07) is 13.6. The van der Waals surface area contributed by atoms with Crippen LogP contribution < -0.4 is 10.1 Å². The fourth-order valence-corrected chi connectivity index (χ4v) is 2.63. The molecule has 0 aliphatic carbocycles. The van der Waals surface area contributed by atoms with Gasteiger partial charge < -0.3 is 10.1 Å². The minimum atomic E-state index is -4.50. The zero-order valence-electron chi connectivity index (χ0n) is 13.8. The Morgan fingerprint density at radius 2 is 1.88 bits per heavy atom. The maximum atomic E-state index is 13.0. The number of halogens is 3. The monoisotopic (exact) mass is 360 g/mol. The number of amides is 1. The predicted octanol–water partition coefficient (Wildman–Crippen LogP) is 4.44. The van der Waals surface area contributed by atoms with E-state index in [0.29, 0.717) is 17.1 Å². The van der Waals surface area contributed by atoms with Gasteiger partial charge in [0.15, 0.2) is 0 Å². The normalized spacial score (nSPS) is 11.4. The molecule has 2 aromatic carbocycles. The van der Waals surface area contributed by atoms with Gasteiger partial charge in [-0.15, -0.1) is 0 Å². The van der Waals surface area contributed by atoms with Crippen molar-refractivity contribution in [3.8, 4) is 5.88 Å². The van der Waals surface area contributed by atoms with E-state index < -0.39 is 17.6 Å². The molecule has 0 aliphatic rings. The Morgan fingerprint density at radius 3 is 2.62 bits per heavy atom. The molecule has 0 saturated carbocycles. The average Bonchev–Trinajstić information content (AvgIpc) is 2.60. The molecule has 4 nitrogen and oxygen atoms in total. The van der Waals surface area contributed by atoms with Crippen molar-refractivity contribution < 1.29 is 22.7 Å². The quantitative estimate of drug-likeness (QED) is 0.748. The summed E-state index contributed by atoms with van der Waals surface area (Å²) in [5.41, 5.74) is 0.304. The van der Waals surface area contributed by atoms with Crippen molar-refractivity contribution in [2.24, 2.45) is 0 Å². The van der Waals surface area contributed by atoms with Crippen molar-refractivity contribution in [1.82, 2.24) is 4.98 Å². The molecule has 1 aromatic heterocycles. The van der Waals surface area contributed by atoms with Gasteiger partial charge in [0.1, 0.15) is 0 Å². The van der Waals surface area contributed by atoms with E-state index in [0.717, 1.165) is 11.5 Å². The third-order valence-electron chi connectivity index (χ3n) is 3.83. The standard InChI is InChI=1S/C19H15F3N2O2/c1-26-18-9-6-13-10-14(7-8-16(13)24-18)23-17(25)11-12-4-2-3-5-15(12)19(20,21)22/h2-10H,11H2,1H3,(H,23,25). The molecule has 0 bridgehead atoms. The number of fused-ring (bicyclic) bond motifs is 1. The topological polar surface area (TPSA) is 51.2 Å². The van der Waals surface area contributed by atoms with Crippen molar-refractivity contribution >= 4 is 22.5 Å².